The Kier molecular flexibility index (Phi) is 4.39. The molecule has 1 unspecified atom stereocenters. The molecule has 0 saturated carbocycles. The molecular formula is C18H16ClNO2S. The van der Waals surface area contributed by atoms with E-state index in [1.165, 1.54) is 12.1 Å². The zero-order chi connectivity index (χ0) is 16.4. The maximum absolute atomic E-state index is 12.4. The van der Waals surface area contributed by atoms with Gasteiger partial charge in [0.2, 0.25) is 10.0 Å². The Morgan fingerprint density at radius 2 is 1.57 bits per heavy atom. The first-order chi connectivity index (χ1) is 11.0. The normalized spacial score (nSPS) is 13.1. The lowest BCUT2D eigenvalue weighted by Crippen LogP contribution is -2.26. The third-order valence-corrected chi connectivity index (χ3v) is 5.54. The van der Waals surface area contributed by atoms with Crippen molar-refractivity contribution in [1.29, 1.82) is 0 Å². The van der Waals surface area contributed by atoms with Gasteiger partial charge in [-0.15, -0.1) is 0 Å². The van der Waals surface area contributed by atoms with Crippen LogP contribution < -0.4 is 4.72 Å². The highest BCUT2D eigenvalue weighted by molar-refractivity contribution is 7.89. The highest BCUT2D eigenvalue weighted by atomic mass is 35.5. The maximum Gasteiger partial charge on any atom is 0.241 e. The van der Waals surface area contributed by atoms with Crippen molar-refractivity contribution in [1.82, 2.24) is 4.72 Å². The molecule has 118 valence electrons. The van der Waals surface area contributed by atoms with Crippen LogP contribution in [0.5, 0.6) is 0 Å². The summed E-state index contributed by atoms with van der Waals surface area (Å²) in [6, 6.07) is 19.7. The molecule has 0 aliphatic heterocycles. The average Bonchev–Trinajstić information content (AvgIpc) is 2.54. The van der Waals surface area contributed by atoms with Crippen LogP contribution in [-0.4, -0.2) is 8.42 Å². The SMILES string of the molecule is CC(NS(=O)(=O)c1ccc(Cl)cc1)c1ccc2ccccc2c1. The van der Waals surface area contributed by atoms with Gasteiger partial charge in [-0.05, 0) is 53.6 Å². The van der Waals surface area contributed by atoms with Gasteiger partial charge in [-0.3, -0.25) is 0 Å². The second-order valence-electron chi connectivity index (χ2n) is 5.40. The monoisotopic (exact) mass is 345 g/mol. The Morgan fingerprint density at radius 1 is 0.913 bits per heavy atom. The van der Waals surface area contributed by atoms with Gasteiger partial charge in [0.15, 0.2) is 0 Å². The van der Waals surface area contributed by atoms with Crippen LogP contribution in [0.15, 0.2) is 71.6 Å². The van der Waals surface area contributed by atoms with Crippen LogP contribution in [0.3, 0.4) is 0 Å². The van der Waals surface area contributed by atoms with Crippen molar-refractivity contribution in [3.63, 3.8) is 0 Å². The molecular weight excluding hydrogens is 330 g/mol. The predicted octanol–water partition coefficient (Wildman–Crippen LogP) is 4.53. The van der Waals surface area contributed by atoms with Crippen molar-refractivity contribution in [2.75, 3.05) is 0 Å². The summed E-state index contributed by atoms with van der Waals surface area (Å²) in [5, 5.41) is 2.72. The molecule has 0 aromatic heterocycles. The fourth-order valence-electron chi connectivity index (χ4n) is 2.46. The molecule has 3 aromatic rings. The summed E-state index contributed by atoms with van der Waals surface area (Å²) >= 11 is 5.80. The first kappa shape index (κ1) is 16.0. The zero-order valence-corrected chi connectivity index (χ0v) is 14.1. The molecule has 3 nitrogen and oxygen atoms in total. The molecule has 1 N–H and O–H groups in total. The minimum Gasteiger partial charge on any atom is -0.207 e. The van der Waals surface area contributed by atoms with Crippen LogP contribution in [0.2, 0.25) is 5.02 Å². The number of nitrogens with one attached hydrogen (secondary N) is 1. The summed E-state index contributed by atoms with van der Waals surface area (Å²) in [6.45, 7) is 1.83. The van der Waals surface area contributed by atoms with Crippen LogP contribution in [0.4, 0.5) is 0 Å². The van der Waals surface area contributed by atoms with Crippen molar-refractivity contribution in [3.8, 4) is 0 Å². The molecule has 0 aliphatic carbocycles. The summed E-state index contributed by atoms with van der Waals surface area (Å²) in [7, 11) is -3.59. The second kappa shape index (κ2) is 6.32. The number of hydrogen-bond donors (Lipinski definition) is 1. The zero-order valence-electron chi connectivity index (χ0n) is 12.5. The van der Waals surface area contributed by atoms with E-state index in [4.69, 9.17) is 11.6 Å². The summed E-state index contributed by atoms with van der Waals surface area (Å²) in [4.78, 5) is 0.203. The van der Waals surface area contributed by atoms with Gasteiger partial charge in [0.25, 0.3) is 0 Å². The van der Waals surface area contributed by atoms with E-state index < -0.39 is 10.0 Å². The van der Waals surface area contributed by atoms with E-state index in [1.807, 2.05) is 49.4 Å². The molecule has 0 saturated heterocycles. The molecule has 0 amide bonds. The van der Waals surface area contributed by atoms with E-state index in [0.717, 1.165) is 16.3 Å². The molecule has 5 heteroatoms. The highest BCUT2D eigenvalue weighted by Crippen LogP contribution is 2.22. The van der Waals surface area contributed by atoms with E-state index in [1.54, 1.807) is 12.1 Å². The van der Waals surface area contributed by atoms with Crippen molar-refractivity contribution < 1.29 is 8.42 Å². The molecule has 3 rings (SSSR count). The van der Waals surface area contributed by atoms with E-state index in [9.17, 15) is 8.42 Å². The number of rotatable bonds is 4. The minimum atomic E-state index is -3.59. The topological polar surface area (TPSA) is 46.2 Å². The molecule has 0 spiro atoms. The number of fused-ring (bicyclic) bond motifs is 1. The van der Waals surface area contributed by atoms with Crippen molar-refractivity contribution >= 4 is 32.4 Å². The Balaban J connectivity index is 1.87. The van der Waals surface area contributed by atoms with Crippen molar-refractivity contribution in [2.45, 2.75) is 17.9 Å². The van der Waals surface area contributed by atoms with Gasteiger partial charge in [0, 0.05) is 11.1 Å². The van der Waals surface area contributed by atoms with E-state index in [2.05, 4.69) is 4.72 Å². The number of halogens is 1. The summed E-state index contributed by atoms with van der Waals surface area (Å²) < 4.78 is 27.6. The Labute approximate surface area is 141 Å². The first-order valence-corrected chi connectivity index (χ1v) is 9.08. The molecule has 0 bridgehead atoms. The fraction of sp³-hybridized carbons (Fsp3) is 0.111. The lowest BCUT2D eigenvalue weighted by Gasteiger charge is -2.15. The lowest BCUT2D eigenvalue weighted by molar-refractivity contribution is 0.567. The van der Waals surface area contributed by atoms with Crippen LogP contribution in [-0.2, 0) is 10.0 Å². The summed E-state index contributed by atoms with van der Waals surface area (Å²) in [5.74, 6) is 0. The first-order valence-electron chi connectivity index (χ1n) is 7.22. The molecule has 1 atom stereocenters. The third-order valence-electron chi connectivity index (χ3n) is 3.73. The van der Waals surface area contributed by atoms with Gasteiger partial charge in [-0.25, -0.2) is 13.1 Å². The smallest absolute Gasteiger partial charge is 0.207 e. The van der Waals surface area contributed by atoms with Crippen molar-refractivity contribution in [2.24, 2.45) is 0 Å². The second-order valence-corrected chi connectivity index (χ2v) is 7.55. The maximum atomic E-state index is 12.4. The summed E-state index contributed by atoms with van der Waals surface area (Å²) in [6.07, 6.45) is 0. The minimum absolute atomic E-state index is 0.203. The standard InChI is InChI=1S/C18H16ClNO2S/c1-13(15-7-6-14-4-2-3-5-16(14)12-15)20-23(21,22)18-10-8-17(19)9-11-18/h2-13,20H,1H3. The van der Waals surface area contributed by atoms with Crippen LogP contribution >= 0.6 is 11.6 Å². The summed E-state index contributed by atoms with van der Waals surface area (Å²) in [5.41, 5.74) is 0.918. The quantitative estimate of drug-likeness (QED) is 0.755. The Morgan fingerprint density at radius 3 is 2.26 bits per heavy atom. The molecule has 0 fully saturated rings. The Bertz CT molecular complexity index is 937. The number of sulfonamides is 1. The fourth-order valence-corrected chi connectivity index (χ4v) is 3.82. The molecule has 0 radical (unpaired) electrons. The van der Waals surface area contributed by atoms with Crippen LogP contribution in [0.1, 0.15) is 18.5 Å². The molecule has 0 aliphatic rings. The third kappa shape index (κ3) is 3.55. The van der Waals surface area contributed by atoms with E-state index in [-0.39, 0.29) is 10.9 Å². The van der Waals surface area contributed by atoms with Gasteiger partial charge in [-0.1, -0.05) is 48.0 Å². The van der Waals surface area contributed by atoms with Gasteiger partial charge >= 0.3 is 0 Å². The number of hydrogen-bond acceptors (Lipinski definition) is 2. The lowest BCUT2D eigenvalue weighted by atomic mass is 10.0. The van der Waals surface area contributed by atoms with E-state index >= 15 is 0 Å². The van der Waals surface area contributed by atoms with Crippen LogP contribution in [0.25, 0.3) is 10.8 Å². The molecule has 0 heterocycles. The average molecular weight is 346 g/mol. The van der Waals surface area contributed by atoms with Gasteiger partial charge < -0.3 is 0 Å². The highest BCUT2D eigenvalue weighted by Gasteiger charge is 2.18. The van der Waals surface area contributed by atoms with Gasteiger partial charge in [-0.2, -0.15) is 0 Å². The van der Waals surface area contributed by atoms with Crippen molar-refractivity contribution in [3.05, 3.63) is 77.3 Å². The molecule has 3 aromatic carbocycles. The predicted molar refractivity (Wildman–Crippen MR) is 94.1 cm³/mol. The largest absolute Gasteiger partial charge is 0.241 e. The van der Waals surface area contributed by atoms with Crippen LogP contribution in [0, 0.1) is 0 Å². The molecule has 23 heavy (non-hydrogen) atoms. The van der Waals surface area contributed by atoms with Gasteiger partial charge in [0.05, 0.1) is 4.90 Å². The van der Waals surface area contributed by atoms with E-state index in [0.29, 0.717) is 5.02 Å². The van der Waals surface area contributed by atoms with Gasteiger partial charge in [0.1, 0.15) is 0 Å². The Hall–Kier alpha value is -1.88. The number of benzene rings is 3.